The summed E-state index contributed by atoms with van der Waals surface area (Å²) in [5.41, 5.74) is 2.98. The first kappa shape index (κ1) is 11.5. The first-order valence-electron chi connectivity index (χ1n) is 5.72. The summed E-state index contributed by atoms with van der Waals surface area (Å²) < 4.78 is 0. The van der Waals surface area contributed by atoms with Crippen LogP contribution in [0.25, 0.3) is 0 Å². The summed E-state index contributed by atoms with van der Waals surface area (Å²) in [7, 11) is 0. The number of carboxylic acid groups (broad SMARTS) is 1. The van der Waals surface area contributed by atoms with Crippen molar-refractivity contribution in [1.29, 1.82) is 0 Å². The number of thioether (sulfide) groups is 1. The Morgan fingerprint density at radius 3 is 2.94 bits per heavy atom. The third-order valence-corrected chi connectivity index (χ3v) is 3.95. The minimum atomic E-state index is -0.699. The van der Waals surface area contributed by atoms with Crippen LogP contribution in [0.5, 0.6) is 0 Å². The Hall–Kier alpha value is -0.960. The van der Waals surface area contributed by atoms with Crippen LogP contribution < -0.4 is 0 Å². The molecular weight excluding hydrogens is 220 g/mol. The lowest BCUT2D eigenvalue weighted by molar-refractivity contribution is -0.137. The minimum Gasteiger partial charge on any atom is -0.481 e. The first-order chi connectivity index (χ1) is 7.75. The Morgan fingerprint density at radius 2 is 2.12 bits per heavy atom. The molecule has 86 valence electrons. The molecule has 0 saturated carbocycles. The highest BCUT2D eigenvalue weighted by atomic mass is 32.2. The van der Waals surface area contributed by atoms with E-state index in [-0.39, 0.29) is 6.42 Å². The quantitative estimate of drug-likeness (QED) is 0.630. The molecule has 0 radical (unpaired) electrons. The molecule has 1 aliphatic rings. The molecule has 1 aromatic rings. The van der Waals surface area contributed by atoms with Gasteiger partial charge in [0.05, 0.1) is 0 Å². The molecule has 2 nitrogen and oxygen atoms in total. The summed E-state index contributed by atoms with van der Waals surface area (Å²) >= 11 is 1.77. The van der Waals surface area contributed by atoms with Crippen LogP contribution in [0.15, 0.2) is 23.1 Å². The van der Waals surface area contributed by atoms with Crippen molar-refractivity contribution in [2.24, 2.45) is 0 Å². The van der Waals surface area contributed by atoms with Gasteiger partial charge >= 0.3 is 5.97 Å². The van der Waals surface area contributed by atoms with Gasteiger partial charge in [0.15, 0.2) is 0 Å². The Labute approximate surface area is 100 Å². The average molecular weight is 236 g/mol. The molecule has 0 amide bonds. The van der Waals surface area contributed by atoms with E-state index >= 15 is 0 Å². The van der Waals surface area contributed by atoms with E-state index in [0.717, 1.165) is 12.2 Å². The van der Waals surface area contributed by atoms with Gasteiger partial charge in [-0.3, -0.25) is 4.79 Å². The summed E-state index contributed by atoms with van der Waals surface area (Å²) in [5.74, 6) is 0.194. The molecule has 1 aromatic carbocycles. The van der Waals surface area contributed by atoms with Crippen molar-refractivity contribution in [2.45, 2.75) is 37.0 Å². The van der Waals surface area contributed by atoms with Gasteiger partial charge in [0.1, 0.15) is 0 Å². The third kappa shape index (κ3) is 3.01. The second kappa shape index (κ2) is 5.39. The lowest BCUT2D eigenvalue weighted by Gasteiger charge is -2.04. The number of rotatable bonds is 5. The number of carboxylic acids is 1. The monoisotopic (exact) mass is 236 g/mol. The number of hydrogen-bond acceptors (Lipinski definition) is 2. The highest BCUT2D eigenvalue weighted by Gasteiger charge is 2.10. The molecular formula is C13H16O2S. The number of hydrogen-bond donors (Lipinski definition) is 1. The lowest BCUT2D eigenvalue weighted by atomic mass is 10.1. The third-order valence-electron chi connectivity index (χ3n) is 2.87. The van der Waals surface area contributed by atoms with Gasteiger partial charge < -0.3 is 5.11 Å². The first-order valence-corrected chi connectivity index (χ1v) is 6.70. The molecule has 0 heterocycles. The molecule has 0 fully saturated rings. The maximum Gasteiger partial charge on any atom is 0.303 e. The molecule has 2 rings (SSSR count). The Bertz CT molecular complexity index is 388. The van der Waals surface area contributed by atoms with E-state index < -0.39 is 5.97 Å². The summed E-state index contributed by atoms with van der Waals surface area (Å²) in [6, 6.07) is 6.66. The number of carbonyl (C=O) groups is 1. The van der Waals surface area contributed by atoms with Gasteiger partial charge in [-0.1, -0.05) is 6.07 Å². The second-order valence-electron chi connectivity index (χ2n) is 4.13. The van der Waals surface area contributed by atoms with Gasteiger partial charge in [0.2, 0.25) is 0 Å². The molecule has 0 saturated heterocycles. The molecule has 0 aliphatic heterocycles. The number of aryl methyl sites for hydroxylation is 2. The van der Waals surface area contributed by atoms with Crippen molar-refractivity contribution in [3.63, 3.8) is 0 Å². The fraction of sp³-hybridized carbons (Fsp3) is 0.462. The smallest absolute Gasteiger partial charge is 0.303 e. The van der Waals surface area contributed by atoms with Crippen LogP contribution in [0, 0.1) is 0 Å². The molecule has 0 aromatic heterocycles. The van der Waals surface area contributed by atoms with Crippen LogP contribution >= 0.6 is 11.8 Å². The topological polar surface area (TPSA) is 37.3 Å². The zero-order valence-corrected chi connectivity index (χ0v) is 10.1. The summed E-state index contributed by atoms with van der Waals surface area (Å²) in [5, 5.41) is 8.53. The molecule has 1 aliphatic carbocycles. The summed E-state index contributed by atoms with van der Waals surface area (Å²) in [6.07, 6.45) is 4.73. The van der Waals surface area contributed by atoms with Crippen LogP contribution in [0.4, 0.5) is 0 Å². The molecule has 0 atom stereocenters. The van der Waals surface area contributed by atoms with Gasteiger partial charge in [-0.15, -0.1) is 11.8 Å². The highest BCUT2D eigenvalue weighted by Crippen LogP contribution is 2.27. The van der Waals surface area contributed by atoms with Crippen LogP contribution in [-0.2, 0) is 17.6 Å². The Balaban J connectivity index is 1.83. The van der Waals surface area contributed by atoms with Crippen molar-refractivity contribution in [1.82, 2.24) is 0 Å². The number of fused-ring (bicyclic) bond motifs is 1. The molecule has 3 heteroatoms. The van der Waals surface area contributed by atoms with E-state index in [1.165, 1.54) is 35.3 Å². The maximum absolute atomic E-state index is 10.4. The minimum absolute atomic E-state index is 0.276. The second-order valence-corrected chi connectivity index (χ2v) is 5.30. The molecule has 0 unspecified atom stereocenters. The van der Waals surface area contributed by atoms with E-state index in [0.29, 0.717) is 0 Å². The van der Waals surface area contributed by atoms with Gasteiger partial charge in [-0.05, 0) is 54.7 Å². The Morgan fingerprint density at radius 1 is 1.31 bits per heavy atom. The fourth-order valence-corrected chi connectivity index (χ4v) is 2.97. The van der Waals surface area contributed by atoms with Crippen molar-refractivity contribution < 1.29 is 9.90 Å². The number of aliphatic carboxylic acids is 1. The predicted molar refractivity (Wildman–Crippen MR) is 66.1 cm³/mol. The zero-order chi connectivity index (χ0) is 11.4. The summed E-state index contributed by atoms with van der Waals surface area (Å²) in [6.45, 7) is 0. The van der Waals surface area contributed by atoms with E-state index in [2.05, 4.69) is 18.2 Å². The van der Waals surface area contributed by atoms with Crippen LogP contribution in [0.2, 0.25) is 0 Å². The zero-order valence-electron chi connectivity index (χ0n) is 9.24. The highest BCUT2D eigenvalue weighted by molar-refractivity contribution is 7.99. The van der Waals surface area contributed by atoms with Crippen molar-refractivity contribution in [2.75, 3.05) is 5.75 Å². The van der Waals surface area contributed by atoms with Gasteiger partial charge in [0, 0.05) is 11.3 Å². The number of benzene rings is 1. The van der Waals surface area contributed by atoms with Crippen molar-refractivity contribution >= 4 is 17.7 Å². The van der Waals surface area contributed by atoms with Crippen LogP contribution in [0.3, 0.4) is 0 Å². The van der Waals surface area contributed by atoms with E-state index in [1.54, 1.807) is 11.8 Å². The molecule has 0 bridgehead atoms. The lowest BCUT2D eigenvalue weighted by Crippen LogP contribution is -1.94. The Kier molecular flexibility index (Phi) is 3.88. The van der Waals surface area contributed by atoms with Gasteiger partial charge in [-0.2, -0.15) is 0 Å². The van der Waals surface area contributed by atoms with Gasteiger partial charge in [-0.25, -0.2) is 0 Å². The predicted octanol–water partition coefficient (Wildman–Crippen LogP) is 3.13. The average Bonchev–Trinajstić information content (AvgIpc) is 2.71. The van der Waals surface area contributed by atoms with Crippen LogP contribution in [-0.4, -0.2) is 16.8 Å². The van der Waals surface area contributed by atoms with E-state index in [4.69, 9.17) is 5.11 Å². The molecule has 16 heavy (non-hydrogen) atoms. The molecule has 0 spiro atoms. The molecule has 1 N–H and O–H groups in total. The fourth-order valence-electron chi connectivity index (χ4n) is 2.05. The van der Waals surface area contributed by atoms with Crippen molar-refractivity contribution in [3.05, 3.63) is 29.3 Å². The SMILES string of the molecule is O=C(O)CCCSc1ccc2c(c1)CCC2. The van der Waals surface area contributed by atoms with Crippen molar-refractivity contribution in [3.8, 4) is 0 Å². The van der Waals surface area contributed by atoms with E-state index in [1.807, 2.05) is 0 Å². The van der Waals surface area contributed by atoms with Gasteiger partial charge in [0.25, 0.3) is 0 Å². The summed E-state index contributed by atoms with van der Waals surface area (Å²) in [4.78, 5) is 11.6. The largest absolute Gasteiger partial charge is 0.481 e. The normalized spacial score (nSPS) is 13.8. The maximum atomic E-state index is 10.4. The standard InChI is InChI=1S/C13H16O2S/c14-13(15)5-2-8-16-12-7-6-10-3-1-4-11(10)9-12/h6-7,9H,1-5,8H2,(H,14,15). The van der Waals surface area contributed by atoms with E-state index in [9.17, 15) is 4.79 Å². The van der Waals surface area contributed by atoms with Crippen LogP contribution in [0.1, 0.15) is 30.4 Å².